The van der Waals surface area contributed by atoms with Crippen LogP contribution in [0, 0.1) is 0 Å². The Morgan fingerprint density at radius 2 is 1.96 bits per heavy atom. The number of para-hydroxylation sites is 2. The van der Waals surface area contributed by atoms with Crippen molar-refractivity contribution in [2.24, 2.45) is 0 Å². The molecule has 1 aromatic heterocycles. The highest BCUT2D eigenvalue weighted by Crippen LogP contribution is 2.28. The SMILES string of the molecule is C=CCNC(=O)c1cc(N2CCN(c3ccccc3OC)CC2)ncn1. The highest BCUT2D eigenvalue weighted by molar-refractivity contribution is 5.92. The Morgan fingerprint density at radius 1 is 1.23 bits per heavy atom. The van der Waals surface area contributed by atoms with Crippen molar-refractivity contribution >= 4 is 17.4 Å². The number of piperazine rings is 1. The minimum absolute atomic E-state index is 0.221. The average Bonchev–Trinajstić information content (AvgIpc) is 2.72. The molecule has 1 aliphatic rings. The maximum Gasteiger partial charge on any atom is 0.270 e. The van der Waals surface area contributed by atoms with Crippen LogP contribution in [-0.4, -0.2) is 55.7 Å². The van der Waals surface area contributed by atoms with Crippen molar-refractivity contribution in [3.63, 3.8) is 0 Å². The highest BCUT2D eigenvalue weighted by Gasteiger charge is 2.21. The number of rotatable bonds is 6. The smallest absolute Gasteiger partial charge is 0.270 e. The lowest BCUT2D eigenvalue weighted by molar-refractivity contribution is 0.0953. The zero-order valence-electron chi connectivity index (χ0n) is 14.9. The van der Waals surface area contributed by atoms with Gasteiger partial charge in [-0.05, 0) is 12.1 Å². The van der Waals surface area contributed by atoms with E-state index in [1.54, 1.807) is 19.3 Å². The summed E-state index contributed by atoms with van der Waals surface area (Å²) in [5.41, 5.74) is 1.46. The lowest BCUT2D eigenvalue weighted by atomic mass is 10.2. The summed E-state index contributed by atoms with van der Waals surface area (Å²) < 4.78 is 5.46. The number of carbonyl (C=O) groups excluding carboxylic acids is 1. The molecule has 2 heterocycles. The lowest BCUT2D eigenvalue weighted by Gasteiger charge is -2.37. The number of nitrogens with one attached hydrogen (secondary N) is 1. The van der Waals surface area contributed by atoms with Crippen LogP contribution in [0.5, 0.6) is 5.75 Å². The van der Waals surface area contributed by atoms with Crippen molar-refractivity contribution in [3.05, 3.63) is 55.0 Å². The topological polar surface area (TPSA) is 70.6 Å². The summed E-state index contributed by atoms with van der Waals surface area (Å²) in [5, 5.41) is 2.73. The van der Waals surface area contributed by atoms with Gasteiger partial charge in [0.2, 0.25) is 0 Å². The number of nitrogens with zero attached hydrogens (tertiary/aromatic N) is 4. The highest BCUT2D eigenvalue weighted by atomic mass is 16.5. The van der Waals surface area contributed by atoms with E-state index in [2.05, 4.69) is 37.7 Å². The number of ether oxygens (including phenoxy) is 1. The minimum atomic E-state index is -0.221. The van der Waals surface area contributed by atoms with Gasteiger partial charge in [-0.15, -0.1) is 6.58 Å². The van der Waals surface area contributed by atoms with E-state index in [0.29, 0.717) is 12.2 Å². The molecule has 1 N–H and O–H groups in total. The van der Waals surface area contributed by atoms with Crippen molar-refractivity contribution in [3.8, 4) is 5.75 Å². The van der Waals surface area contributed by atoms with Gasteiger partial charge in [0.25, 0.3) is 5.91 Å². The van der Waals surface area contributed by atoms with Gasteiger partial charge in [-0.2, -0.15) is 0 Å². The molecule has 1 saturated heterocycles. The van der Waals surface area contributed by atoms with E-state index >= 15 is 0 Å². The molecule has 0 aliphatic carbocycles. The average molecular weight is 353 g/mol. The standard InChI is InChI=1S/C19H23N5O2/c1-3-8-20-19(25)15-13-18(22-14-21-15)24-11-9-23(10-12-24)16-6-4-5-7-17(16)26-2/h3-7,13-14H,1,8-12H2,2H3,(H,20,25). The molecule has 0 saturated carbocycles. The van der Waals surface area contributed by atoms with E-state index < -0.39 is 0 Å². The van der Waals surface area contributed by atoms with Crippen molar-refractivity contribution in [1.82, 2.24) is 15.3 Å². The third-order valence-electron chi connectivity index (χ3n) is 4.32. The second kappa shape index (κ2) is 8.33. The van der Waals surface area contributed by atoms with Gasteiger partial charge in [0.05, 0.1) is 12.8 Å². The van der Waals surface area contributed by atoms with Gasteiger partial charge < -0.3 is 19.9 Å². The second-order valence-corrected chi connectivity index (χ2v) is 5.91. The number of carbonyl (C=O) groups is 1. The molecule has 3 rings (SSSR count). The van der Waals surface area contributed by atoms with Gasteiger partial charge in [-0.3, -0.25) is 4.79 Å². The maximum atomic E-state index is 12.1. The third-order valence-corrected chi connectivity index (χ3v) is 4.32. The Bertz CT molecular complexity index is 772. The first-order valence-electron chi connectivity index (χ1n) is 8.57. The van der Waals surface area contributed by atoms with E-state index in [9.17, 15) is 4.79 Å². The molecule has 0 bridgehead atoms. The summed E-state index contributed by atoms with van der Waals surface area (Å²) in [4.78, 5) is 24.9. The zero-order valence-corrected chi connectivity index (χ0v) is 14.9. The van der Waals surface area contributed by atoms with Gasteiger partial charge in [-0.1, -0.05) is 18.2 Å². The molecule has 0 atom stereocenters. The Hall–Kier alpha value is -3.09. The fraction of sp³-hybridized carbons (Fsp3) is 0.316. The predicted molar refractivity (Wildman–Crippen MR) is 102 cm³/mol. The first kappa shape index (κ1) is 17.7. The Labute approximate surface area is 153 Å². The molecule has 1 fully saturated rings. The van der Waals surface area contributed by atoms with E-state index in [4.69, 9.17) is 4.74 Å². The molecule has 26 heavy (non-hydrogen) atoms. The van der Waals surface area contributed by atoms with Crippen LogP contribution in [0.2, 0.25) is 0 Å². The normalized spacial score (nSPS) is 14.0. The van der Waals surface area contributed by atoms with E-state index in [1.807, 2.05) is 18.2 Å². The van der Waals surface area contributed by atoms with E-state index in [0.717, 1.165) is 43.4 Å². The Balaban J connectivity index is 1.66. The molecule has 1 aromatic carbocycles. The summed E-state index contributed by atoms with van der Waals surface area (Å²) in [6.45, 7) is 7.32. The number of aromatic nitrogens is 2. The quantitative estimate of drug-likeness (QED) is 0.798. The van der Waals surface area contributed by atoms with Crippen LogP contribution >= 0.6 is 0 Å². The number of benzene rings is 1. The third kappa shape index (κ3) is 3.93. The summed E-state index contributed by atoms with van der Waals surface area (Å²) in [5.74, 6) is 1.42. The number of methoxy groups -OCH3 is 1. The molecule has 2 aromatic rings. The van der Waals surface area contributed by atoms with Crippen LogP contribution in [0.15, 0.2) is 49.3 Å². The van der Waals surface area contributed by atoms with Gasteiger partial charge in [0.1, 0.15) is 23.6 Å². The van der Waals surface area contributed by atoms with Gasteiger partial charge in [0.15, 0.2) is 0 Å². The number of hydrogen-bond acceptors (Lipinski definition) is 6. The molecule has 136 valence electrons. The Morgan fingerprint density at radius 3 is 2.69 bits per heavy atom. The van der Waals surface area contributed by atoms with E-state index in [1.165, 1.54) is 6.33 Å². The first-order chi connectivity index (χ1) is 12.7. The maximum absolute atomic E-state index is 12.1. The van der Waals surface area contributed by atoms with Crippen molar-refractivity contribution in [2.45, 2.75) is 0 Å². The van der Waals surface area contributed by atoms with Crippen LogP contribution in [0.4, 0.5) is 11.5 Å². The molecule has 1 amide bonds. The van der Waals surface area contributed by atoms with Crippen molar-refractivity contribution in [1.29, 1.82) is 0 Å². The summed E-state index contributed by atoms with van der Waals surface area (Å²) in [7, 11) is 1.69. The first-order valence-corrected chi connectivity index (χ1v) is 8.57. The van der Waals surface area contributed by atoms with Crippen LogP contribution in [-0.2, 0) is 0 Å². The van der Waals surface area contributed by atoms with Gasteiger partial charge in [-0.25, -0.2) is 9.97 Å². The van der Waals surface area contributed by atoms with Crippen LogP contribution in [0.3, 0.4) is 0 Å². The number of amides is 1. The van der Waals surface area contributed by atoms with E-state index in [-0.39, 0.29) is 5.91 Å². The fourth-order valence-electron chi connectivity index (χ4n) is 2.97. The number of hydrogen-bond donors (Lipinski definition) is 1. The fourth-order valence-corrected chi connectivity index (χ4v) is 2.97. The van der Waals surface area contributed by atoms with Crippen LogP contribution in [0.25, 0.3) is 0 Å². The second-order valence-electron chi connectivity index (χ2n) is 5.91. The predicted octanol–water partition coefficient (Wildman–Crippen LogP) is 1.73. The molecule has 1 aliphatic heterocycles. The molecule has 7 nitrogen and oxygen atoms in total. The molecule has 0 unspecified atom stereocenters. The minimum Gasteiger partial charge on any atom is -0.495 e. The van der Waals surface area contributed by atoms with Crippen molar-refractivity contribution < 1.29 is 9.53 Å². The molecule has 0 spiro atoms. The molecule has 7 heteroatoms. The monoisotopic (exact) mass is 353 g/mol. The molecule has 0 radical (unpaired) electrons. The number of anilines is 2. The zero-order chi connectivity index (χ0) is 18.4. The largest absolute Gasteiger partial charge is 0.495 e. The van der Waals surface area contributed by atoms with Crippen molar-refractivity contribution in [2.75, 3.05) is 49.6 Å². The van der Waals surface area contributed by atoms with Crippen LogP contribution < -0.4 is 19.9 Å². The van der Waals surface area contributed by atoms with Crippen LogP contribution in [0.1, 0.15) is 10.5 Å². The van der Waals surface area contributed by atoms with Gasteiger partial charge in [0, 0.05) is 38.8 Å². The Kier molecular flexibility index (Phi) is 5.68. The lowest BCUT2D eigenvalue weighted by Crippen LogP contribution is -2.47. The summed E-state index contributed by atoms with van der Waals surface area (Å²) in [6.07, 6.45) is 3.07. The van der Waals surface area contributed by atoms with Gasteiger partial charge >= 0.3 is 0 Å². The summed E-state index contributed by atoms with van der Waals surface area (Å²) >= 11 is 0. The molecular formula is C19H23N5O2. The molecular weight excluding hydrogens is 330 g/mol. The summed E-state index contributed by atoms with van der Waals surface area (Å²) in [6, 6.07) is 9.76.